The van der Waals surface area contributed by atoms with Gasteiger partial charge in [-0.2, -0.15) is 0 Å². The average molecular weight is 302 g/mol. The van der Waals surface area contributed by atoms with Crippen LogP contribution in [0.1, 0.15) is 12.8 Å². The van der Waals surface area contributed by atoms with E-state index in [4.69, 9.17) is 0 Å². The third-order valence-electron chi connectivity index (χ3n) is 4.24. The smallest absolute Gasteiger partial charge is 0.227 e. The molecule has 2 aromatic rings. The van der Waals surface area contributed by atoms with Crippen LogP contribution in [0.5, 0.6) is 0 Å². The molecule has 8 heteroatoms. The Balaban J connectivity index is 1.54. The first-order chi connectivity index (χ1) is 10.3. The third-order valence-corrected chi connectivity index (χ3v) is 4.99. The summed E-state index contributed by atoms with van der Waals surface area (Å²) < 4.78 is 0. The van der Waals surface area contributed by atoms with E-state index in [0.29, 0.717) is 6.42 Å². The van der Waals surface area contributed by atoms with Gasteiger partial charge in [0.05, 0.1) is 18.1 Å². The molecular formula is C13H14N6OS. The Kier molecular flexibility index (Phi) is 2.85. The molecule has 1 atom stereocenters. The Morgan fingerprint density at radius 2 is 2.10 bits per heavy atom. The van der Waals surface area contributed by atoms with E-state index >= 15 is 0 Å². The molecule has 2 fully saturated rings. The molecule has 7 nitrogen and oxygen atoms in total. The minimum atomic E-state index is 0.0125. The maximum absolute atomic E-state index is 12.4. The molecule has 2 aromatic heterocycles. The van der Waals surface area contributed by atoms with E-state index < -0.39 is 0 Å². The lowest BCUT2D eigenvalue weighted by Gasteiger charge is -2.23. The van der Waals surface area contributed by atoms with Crippen LogP contribution in [0.25, 0.3) is 0 Å². The lowest BCUT2D eigenvalue weighted by Crippen LogP contribution is -2.31. The van der Waals surface area contributed by atoms with E-state index in [1.54, 1.807) is 29.2 Å². The van der Waals surface area contributed by atoms with Gasteiger partial charge in [0.15, 0.2) is 0 Å². The second kappa shape index (κ2) is 4.73. The Morgan fingerprint density at radius 1 is 1.24 bits per heavy atom. The third kappa shape index (κ3) is 2.15. The standard InChI is InChI=1S/C13H14N6OS/c20-11-3-13(7-19(11)10-4-14-8-15-5-10)1-2-18(6-13)12-17-16-9-21-12/h4-5,8-9H,1-3,6-7H2. The molecule has 0 bridgehead atoms. The first kappa shape index (κ1) is 12.6. The Labute approximate surface area is 125 Å². The predicted molar refractivity (Wildman–Crippen MR) is 78.2 cm³/mol. The van der Waals surface area contributed by atoms with Crippen molar-refractivity contribution in [2.75, 3.05) is 29.4 Å². The van der Waals surface area contributed by atoms with Gasteiger partial charge in [0, 0.05) is 31.5 Å². The zero-order valence-corrected chi connectivity index (χ0v) is 12.2. The van der Waals surface area contributed by atoms with Crippen molar-refractivity contribution in [2.24, 2.45) is 5.41 Å². The normalized spacial score (nSPS) is 25.2. The van der Waals surface area contributed by atoms with Gasteiger partial charge in [-0.05, 0) is 6.42 Å². The van der Waals surface area contributed by atoms with Crippen molar-refractivity contribution < 1.29 is 4.79 Å². The number of carbonyl (C=O) groups excluding carboxylic acids is 1. The SMILES string of the molecule is O=C1CC2(CCN(c3nncs3)C2)CN1c1cncnc1. The number of nitrogens with zero attached hydrogens (tertiary/aromatic N) is 6. The van der Waals surface area contributed by atoms with Crippen LogP contribution in [-0.2, 0) is 4.79 Å². The fraction of sp³-hybridized carbons (Fsp3) is 0.462. The minimum absolute atomic E-state index is 0.0125. The predicted octanol–water partition coefficient (Wildman–Crippen LogP) is 0.962. The number of amides is 1. The van der Waals surface area contributed by atoms with Gasteiger partial charge in [-0.1, -0.05) is 11.3 Å². The van der Waals surface area contributed by atoms with E-state index in [1.165, 1.54) is 6.33 Å². The molecule has 2 aliphatic heterocycles. The highest BCUT2D eigenvalue weighted by Crippen LogP contribution is 2.42. The van der Waals surface area contributed by atoms with Crippen LogP contribution >= 0.6 is 11.3 Å². The molecular weight excluding hydrogens is 288 g/mol. The second-order valence-corrected chi connectivity index (χ2v) is 6.46. The van der Waals surface area contributed by atoms with Crippen LogP contribution in [0.4, 0.5) is 10.8 Å². The van der Waals surface area contributed by atoms with Crippen LogP contribution in [-0.4, -0.2) is 45.7 Å². The molecule has 2 saturated heterocycles. The number of aromatic nitrogens is 4. The van der Waals surface area contributed by atoms with Crippen LogP contribution in [0, 0.1) is 5.41 Å². The van der Waals surface area contributed by atoms with Crippen molar-refractivity contribution in [2.45, 2.75) is 12.8 Å². The zero-order chi connectivity index (χ0) is 14.3. The van der Waals surface area contributed by atoms with Crippen molar-refractivity contribution in [3.05, 3.63) is 24.2 Å². The summed E-state index contributed by atoms with van der Waals surface area (Å²) in [4.78, 5) is 24.4. The molecule has 0 N–H and O–H groups in total. The lowest BCUT2D eigenvalue weighted by atomic mass is 9.86. The van der Waals surface area contributed by atoms with Gasteiger partial charge in [0.25, 0.3) is 0 Å². The molecule has 0 radical (unpaired) electrons. The van der Waals surface area contributed by atoms with Crippen LogP contribution in [0.15, 0.2) is 24.2 Å². The summed E-state index contributed by atoms with van der Waals surface area (Å²) in [6.07, 6.45) is 6.45. The fourth-order valence-electron chi connectivity index (χ4n) is 3.24. The summed E-state index contributed by atoms with van der Waals surface area (Å²) in [5, 5.41) is 8.96. The Hall–Kier alpha value is -2.09. The average Bonchev–Trinajstić information content (AvgIpc) is 3.21. The largest absolute Gasteiger partial charge is 0.346 e. The molecule has 0 aromatic carbocycles. The number of hydrogen-bond donors (Lipinski definition) is 0. The van der Waals surface area contributed by atoms with Gasteiger partial charge >= 0.3 is 0 Å². The maximum atomic E-state index is 12.4. The molecule has 2 aliphatic rings. The highest BCUT2D eigenvalue weighted by molar-refractivity contribution is 7.13. The summed E-state index contributed by atoms with van der Waals surface area (Å²) in [5.41, 5.74) is 2.54. The van der Waals surface area contributed by atoms with E-state index in [0.717, 1.165) is 36.9 Å². The molecule has 1 spiro atoms. The topological polar surface area (TPSA) is 75.1 Å². The zero-order valence-electron chi connectivity index (χ0n) is 11.3. The highest BCUT2D eigenvalue weighted by atomic mass is 32.1. The van der Waals surface area contributed by atoms with Gasteiger partial charge in [0.1, 0.15) is 11.8 Å². The quantitative estimate of drug-likeness (QED) is 0.822. The summed E-state index contributed by atoms with van der Waals surface area (Å²) in [6, 6.07) is 0. The van der Waals surface area contributed by atoms with Gasteiger partial charge in [-0.25, -0.2) is 9.97 Å². The molecule has 21 heavy (non-hydrogen) atoms. The molecule has 1 unspecified atom stereocenters. The summed E-state index contributed by atoms with van der Waals surface area (Å²) in [5.74, 6) is 0.156. The van der Waals surface area contributed by atoms with Crippen molar-refractivity contribution in [3.8, 4) is 0 Å². The maximum Gasteiger partial charge on any atom is 0.227 e. The first-order valence-corrected chi connectivity index (χ1v) is 7.70. The lowest BCUT2D eigenvalue weighted by molar-refractivity contribution is -0.117. The van der Waals surface area contributed by atoms with Gasteiger partial charge < -0.3 is 9.80 Å². The molecule has 108 valence electrons. The summed E-state index contributed by atoms with van der Waals surface area (Å²) in [7, 11) is 0. The van der Waals surface area contributed by atoms with E-state index in [-0.39, 0.29) is 11.3 Å². The summed E-state index contributed by atoms with van der Waals surface area (Å²) in [6.45, 7) is 2.52. The second-order valence-electron chi connectivity index (χ2n) is 5.65. The molecule has 0 saturated carbocycles. The number of carbonyl (C=O) groups is 1. The monoisotopic (exact) mass is 302 g/mol. The molecule has 4 rings (SSSR count). The van der Waals surface area contributed by atoms with E-state index in [2.05, 4.69) is 25.1 Å². The minimum Gasteiger partial charge on any atom is -0.346 e. The van der Waals surface area contributed by atoms with Crippen LogP contribution in [0.3, 0.4) is 0 Å². The Bertz CT molecular complexity index is 648. The number of anilines is 2. The molecule has 0 aliphatic carbocycles. The number of rotatable bonds is 2. The van der Waals surface area contributed by atoms with Crippen molar-refractivity contribution in [1.82, 2.24) is 20.2 Å². The summed E-state index contributed by atoms with van der Waals surface area (Å²) >= 11 is 1.55. The van der Waals surface area contributed by atoms with Gasteiger partial charge in [0.2, 0.25) is 11.0 Å². The first-order valence-electron chi connectivity index (χ1n) is 6.82. The van der Waals surface area contributed by atoms with E-state index in [1.807, 2.05) is 4.90 Å². The van der Waals surface area contributed by atoms with Crippen LogP contribution < -0.4 is 9.80 Å². The highest BCUT2D eigenvalue weighted by Gasteiger charge is 2.48. The van der Waals surface area contributed by atoms with Crippen molar-refractivity contribution >= 4 is 28.1 Å². The Morgan fingerprint density at radius 3 is 2.86 bits per heavy atom. The van der Waals surface area contributed by atoms with Gasteiger partial charge in [-0.15, -0.1) is 10.2 Å². The van der Waals surface area contributed by atoms with E-state index in [9.17, 15) is 4.79 Å². The number of hydrogen-bond acceptors (Lipinski definition) is 7. The van der Waals surface area contributed by atoms with Crippen LogP contribution in [0.2, 0.25) is 0 Å². The van der Waals surface area contributed by atoms with Crippen molar-refractivity contribution in [1.29, 1.82) is 0 Å². The van der Waals surface area contributed by atoms with Gasteiger partial charge in [-0.3, -0.25) is 4.79 Å². The van der Waals surface area contributed by atoms with Crippen molar-refractivity contribution in [3.63, 3.8) is 0 Å². The molecule has 1 amide bonds. The fourth-order valence-corrected chi connectivity index (χ4v) is 3.83. The molecule has 4 heterocycles.